The molecule has 1 aromatic heterocycles. The third-order valence-corrected chi connectivity index (χ3v) is 6.12. The summed E-state index contributed by atoms with van der Waals surface area (Å²) in [6, 6.07) is 18.4. The van der Waals surface area contributed by atoms with E-state index in [1.165, 1.54) is 0 Å². The van der Waals surface area contributed by atoms with Crippen LogP contribution in [-0.2, 0) is 6.61 Å². The number of rotatable bonds is 6. The van der Waals surface area contributed by atoms with Gasteiger partial charge >= 0.3 is 6.03 Å². The predicted octanol–water partition coefficient (Wildman–Crippen LogP) is 4.42. The lowest BCUT2D eigenvalue weighted by Gasteiger charge is -2.40. The second-order valence-corrected chi connectivity index (χ2v) is 8.44. The first-order valence-electron chi connectivity index (χ1n) is 10.8. The summed E-state index contributed by atoms with van der Waals surface area (Å²) >= 11 is 5.93. The molecule has 1 aliphatic heterocycles. The Bertz CT molecular complexity index is 1080. The number of hydrogen-bond donors (Lipinski definition) is 3. The Morgan fingerprint density at radius 2 is 2.03 bits per heavy atom. The minimum atomic E-state index is -0.267. The Labute approximate surface area is 198 Å². The number of benzene rings is 2. The van der Waals surface area contributed by atoms with E-state index < -0.39 is 0 Å². The lowest BCUT2D eigenvalue weighted by molar-refractivity contribution is 0.243. The molecule has 0 bridgehead atoms. The molecule has 8 heteroatoms. The lowest BCUT2D eigenvalue weighted by atomic mass is 9.88. The van der Waals surface area contributed by atoms with Gasteiger partial charge in [0.05, 0.1) is 19.9 Å². The molecule has 2 aromatic carbocycles. The smallest absolute Gasteiger partial charge is 0.319 e. The summed E-state index contributed by atoms with van der Waals surface area (Å²) in [5.41, 5.74) is 3.48. The molecule has 0 spiro atoms. The largest absolute Gasteiger partial charge is 0.495 e. The summed E-state index contributed by atoms with van der Waals surface area (Å²) in [5.74, 6) is 0.658. The number of urea groups is 1. The number of amides is 2. The van der Waals surface area contributed by atoms with E-state index >= 15 is 0 Å². The third-order valence-electron chi connectivity index (χ3n) is 5.86. The summed E-state index contributed by atoms with van der Waals surface area (Å²) in [6.07, 6.45) is 2.45. The zero-order valence-electron chi connectivity index (χ0n) is 18.4. The fourth-order valence-electron chi connectivity index (χ4n) is 4.11. The first-order chi connectivity index (χ1) is 16.1. The van der Waals surface area contributed by atoms with E-state index in [4.69, 9.17) is 16.3 Å². The van der Waals surface area contributed by atoms with Crippen molar-refractivity contribution in [2.75, 3.05) is 30.4 Å². The second kappa shape index (κ2) is 10.6. The fourth-order valence-corrected chi connectivity index (χ4v) is 4.24. The van der Waals surface area contributed by atoms with E-state index in [0.29, 0.717) is 23.0 Å². The zero-order valence-corrected chi connectivity index (χ0v) is 19.1. The number of piperidine rings is 1. The number of aromatic nitrogens is 1. The monoisotopic (exact) mass is 466 g/mol. The molecule has 2 atom stereocenters. The van der Waals surface area contributed by atoms with E-state index in [1.807, 2.05) is 36.4 Å². The van der Waals surface area contributed by atoms with Gasteiger partial charge in [0, 0.05) is 47.1 Å². The number of carbonyl (C=O) groups excluding carboxylic acids is 1. The van der Waals surface area contributed by atoms with Crippen LogP contribution in [0.15, 0.2) is 66.9 Å². The molecule has 0 unspecified atom stereocenters. The van der Waals surface area contributed by atoms with E-state index in [-0.39, 0.29) is 24.6 Å². The molecule has 33 heavy (non-hydrogen) atoms. The molecule has 2 heterocycles. The van der Waals surface area contributed by atoms with E-state index in [1.54, 1.807) is 37.6 Å². The van der Waals surface area contributed by atoms with E-state index in [9.17, 15) is 9.90 Å². The predicted molar refractivity (Wildman–Crippen MR) is 130 cm³/mol. The van der Waals surface area contributed by atoms with Crippen molar-refractivity contribution in [3.05, 3.63) is 83.1 Å². The number of nitrogens with one attached hydrogen (secondary N) is 2. The Morgan fingerprint density at radius 1 is 1.21 bits per heavy atom. The standard InChI is InChI=1S/C25H27ClN4O3/c1-33-21-9-10-23(27-14-21)22-15-30(20-4-2-3-17(13-20)16-31)12-11-24(22)29-25(32)28-19-7-5-18(26)6-8-19/h2-10,13-14,22,24,31H,11-12,15-16H2,1H3,(H2,28,29,32)/t22-,24+/m0/s1. The number of carbonyl (C=O) groups is 1. The van der Waals surface area contributed by atoms with Crippen LogP contribution < -0.4 is 20.3 Å². The molecule has 0 aliphatic carbocycles. The zero-order chi connectivity index (χ0) is 23.2. The minimum absolute atomic E-state index is 0.000192. The van der Waals surface area contributed by atoms with Crippen LogP contribution in [0.2, 0.25) is 5.02 Å². The van der Waals surface area contributed by atoms with Gasteiger partial charge in [-0.2, -0.15) is 0 Å². The van der Waals surface area contributed by atoms with Crippen LogP contribution in [0.3, 0.4) is 0 Å². The molecular weight excluding hydrogens is 440 g/mol. The van der Waals surface area contributed by atoms with Crippen LogP contribution in [0, 0.1) is 0 Å². The maximum atomic E-state index is 12.7. The van der Waals surface area contributed by atoms with Crippen molar-refractivity contribution in [3.63, 3.8) is 0 Å². The Balaban J connectivity index is 1.53. The molecule has 0 radical (unpaired) electrons. The molecule has 1 saturated heterocycles. The molecule has 2 amide bonds. The van der Waals surface area contributed by atoms with Gasteiger partial charge in [0.25, 0.3) is 0 Å². The van der Waals surface area contributed by atoms with Crippen molar-refractivity contribution in [2.45, 2.75) is 25.0 Å². The first-order valence-corrected chi connectivity index (χ1v) is 11.2. The molecule has 3 aromatic rings. The SMILES string of the molecule is COc1ccc([C@@H]2CN(c3cccc(CO)c3)CC[C@H]2NC(=O)Nc2ccc(Cl)cc2)nc1. The summed E-state index contributed by atoms with van der Waals surface area (Å²) in [6.45, 7) is 1.45. The highest BCUT2D eigenvalue weighted by molar-refractivity contribution is 6.30. The number of pyridine rings is 1. The van der Waals surface area contributed by atoms with Gasteiger partial charge in [0.2, 0.25) is 0 Å². The van der Waals surface area contributed by atoms with Gasteiger partial charge < -0.3 is 25.4 Å². The van der Waals surface area contributed by atoms with E-state index in [2.05, 4.69) is 20.5 Å². The molecule has 0 saturated carbocycles. The minimum Gasteiger partial charge on any atom is -0.495 e. The van der Waals surface area contributed by atoms with Crippen LogP contribution in [0.4, 0.5) is 16.2 Å². The Morgan fingerprint density at radius 3 is 2.73 bits per heavy atom. The maximum Gasteiger partial charge on any atom is 0.319 e. The molecule has 1 aliphatic rings. The van der Waals surface area contributed by atoms with Gasteiger partial charge in [-0.15, -0.1) is 0 Å². The van der Waals surface area contributed by atoms with Crippen molar-refractivity contribution in [3.8, 4) is 5.75 Å². The number of aliphatic hydroxyl groups is 1. The van der Waals surface area contributed by atoms with Crippen molar-refractivity contribution in [1.82, 2.24) is 10.3 Å². The lowest BCUT2D eigenvalue weighted by Crippen LogP contribution is -2.51. The van der Waals surface area contributed by atoms with Crippen LogP contribution >= 0.6 is 11.6 Å². The summed E-state index contributed by atoms with van der Waals surface area (Å²) in [5, 5.41) is 16.1. The highest BCUT2D eigenvalue weighted by atomic mass is 35.5. The molecule has 1 fully saturated rings. The summed E-state index contributed by atoms with van der Waals surface area (Å²) in [4.78, 5) is 19.6. The maximum absolute atomic E-state index is 12.7. The average molecular weight is 467 g/mol. The average Bonchev–Trinajstić information content (AvgIpc) is 2.86. The molecule has 172 valence electrons. The van der Waals surface area contributed by atoms with Crippen molar-refractivity contribution in [1.29, 1.82) is 0 Å². The number of hydrogen-bond acceptors (Lipinski definition) is 5. The van der Waals surface area contributed by atoms with Crippen LogP contribution in [0.1, 0.15) is 23.6 Å². The normalized spacial score (nSPS) is 18.0. The highest BCUT2D eigenvalue weighted by Crippen LogP contribution is 2.31. The van der Waals surface area contributed by atoms with Gasteiger partial charge in [-0.05, 0) is 60.5 Å². The Hall–Kier alpha value is -3.29. The second-order valence-electron chi connectivity index (χ2n) is 8.00. The Kier molecular flexibility index (Phi) is 7.32. The highest BCUT2D eigenvalue weighted by Gasteiger charge is 2.33. The summed E-state index contributed by atoms with van der Waals surface area (Å²) in [7, 11) is 1.61. The molecule has 3 N–H and O–H groups in total. The number of halogens is 1. The van der Waals surface area contributed by atoms with Gasteiger partial charge in [0.15, 0.2) is 0 Å². The van der Waals surface area contributed by atoms with Crippen molar-refractivity contribution >= 4 is 29.0 Å². The summed E-state index contributed by atoms with van der Waals surface area (Å²) < 4.78 is 5.25. The molecule has 7 nitrogen and oxygen atoms in total. The number of ether oxygens (including phenoxy) is 1. The quantitative estimate of drug-likeness (QED) is 0.500. The van der Waals surface area contributed by atoms with Crippen molar-refractivity contribution in [2.24, 2.45) is 0 Å². The van der Waals surface area contributed by atoms with Gasteiger partial charge in [-0.1, -0.05) is 23.7 Å². The van der Waals surface area contributed by atoms with Gasteiger partial charge in [-0.3, -0.25) is 4.98 Å². The topological polar surface area (TPSA) is 86.7 Å². The molecular formula is C25H27ClN4O3. The van der Waals surface area contributed by atoms with Gasteiger partial charge in [-0.25, -0.2) is 4.79 Å². The van der Waals surface area contributed by atoms with Gasteiger partial charge in [0.1, 0.15) is 5.75 Å². The van der Waals surface area contributed by atoms with Crippen molar-refractivity contribution < 1.29 is 14.6 Å². The first kappa shape index (κ1) is 22.9. The number of anilines is 2. The fraction of sp³-hybridized carbons (Fsp3) is 0.280. The molecule has 4 rings (SSSR count). The number of aliphatic hydroxyl groups excluding tert-OH is 1. The van der Waals surface area contributed by atoms with Crippen LogP contribution in [0.5, 0.6) is 5.75 Å². The van der Waals surface area contributed by atoms with Crippen LogP contribution in [0.25, 0.3) is 0 Å². The number of nitrogens with zero attached hydrogens (tertiary/aromatic N) is 2. The third kappa shape index (κ3) is 5.74. The number of methoxy groups -OCH3 is 1. The van der Waals surface area contributed by atoms with Crippen LogP contribution in [-0.4, -0.2) is 42.4 Å². The van der Waals surface area contributed by atoms with E-state index in [0.717, 1.165) is 29.9 Å².